The number of Topliss-reactive ketones (excluding diaryl/α,β-unsaturated/α-hetero) is 2. The number of primary amides is 1. The Balaban J connectivity index is 1.91. The smallest absolute Gasteiger partial charge is 0.255 e. The number of carbonyl (C=O) groups is 3. The molecule has 1 aromatic rings. The van der Waals surface area contributed by atoms with Crippen LogP contribution in [-0.4, -0.2) is 48.5 Å². The molecule has 4 rings (SSSR count). The fourth-order valence-electron chi connectivity index (χ4n) is 4.45. The Kier molecular flexibility index (Phi) is 3.44. The van der Waals surface area contributed by atoms with Gasteiger partial charge in [-0.1, -0.05) is 0 Å². The molecule has 0 fully saturated rings. The quantitative estimate of drug-likeness (QED) is 0.428. The van der Waals surface area contributed by atoms with E-state index >= 15 is 0 Å². The average molecular weight is 372 g/mol. The van der Waals surface area contributed by atoms with Crippen molar-refractivity contribution in [3.05, 3.63) is 46.2 Å². The van der Waals surface area contributed by atoms with E-state index in [9.17, 15) is 34.8 Å². The van der Waals surface area contributed by atoms with Gasteiger partial charge >= 0.3 is 0 Å². The molecule has 1 unspecified atom stereocenters. The molecule has 0 saturated heterocycles. The third kappa shape index (κ3) is 2.08. The van der Waals surface area contributed by atoms with Crippen molar-refractivity contribution in [2.75, 3.05) is 0 Å². The lowest BCUT2D eigenvalue weighted by atomic mass is 9.60. The Bertz CT molecular complexity index is 993. The molecule has 1 heterocycles. The molecule has 140 valence electrons. The molecule has 0 bridgehead atoms. The first kappa shape index (κ1) is 17.2. The summed E-state index contributed by atoms with van der Waals surface area (Å²) in [6.07, 6.45) is 2.66. The van der Waals surface area contributed by atoms with Crippen molar-refractivity contribution in [2.45, 2.75) is 24.9 Å². The van der Waals surface area contributed by atoms with Crippen LogP contribution in [-0.2, 0) is 16.0 Å². The monoisotopic (exact) mass is 372 g/mol. The lowest BCUT2D eigenvalue weighted by molar-refractivity contribution is -0.144. The van der Waals surface area contributed by atoms with E-state index < -0.39 is 52.0 Å². The third-order valence-corrected chi connectivity index (χ3v) is 5.67. The predicted octanol–water partition coefficient (Wildman–Crippen LogP) is -0.0245. The second-order valence-electron chi connectivity index (χ2n) is 7.10. The number of rotatable bonds is 1. The van der Waals surface area contributed by atoms with Gasteiger partial charge in [-0.2, -0.15) is 0 Å². The number of fused-ring (bicyclic) bond motifs is 3. The van der Waals surface area contributed by atoms with Crippen LogP contribution in [0, 0.1) is 11.8 Å². The maximum Gasteiger partial charge on any atom is 0.255 e. The molecule has 6 N–H and O–H groups in total. The molecule has 3 atom stereocenters. The molecule has 3 aliphatic carbocycles. The third-order valence-electron chi connectivity index (χ3n) is 5.67. The van der Waals surface area contributed by atoms with E-state index in [-0.39, 0.29) is 36.1 Å². The van der Waals surface area contributed by atoms with E-state index in [1.165, 1.54) is 6.20 Å². The van der Waals surface area contributed by atoms with Gasteiger partial charge in [0, 0.05) is 24.1 Å². The minimum absolute atomic E-state index is 0.0402. The number of allylic oxidation sites excluding steroid dienone is 2. The summed E-state index contributed by atoms with van der Waals surface area (Å²) in [5.74, 6) is -6.39. The van der Waals surface area contributed by atoms with Crippen molar-refractivity contribution in [1.29, 1.82) is 0 Å². The van der Waals surface area contributed by atoms with E-state index in [0.29, 0.717) is 5.56 Å². The maximum atomic E-state index is 12.9. The summed E-state index contributed by atoms with van der Waals surface area (Å²) >= 11 is 0. The zero-order valence-corrected chi connectivity index (χ0v) is 14.0. The number of aliphatic hydroxyl groups excluding tert-OH is 2. The summed E-state index contributed by atoms with van der Waals surface area (Å²) in [6.45, 7) is 0. The predicted molar refractivity (Wildman–Crippen MR) is 88.6 cm³/mol. The number of aliphatic hydroxyl groups is 3. The van der Waals surface area contributed by atoms with Gasteiger partial charge in [-0.25, -0.2) is 0 Å². The molecule has 0 saturated carbocycles. The van der Waals surface area contributed by atoms with Crippen LogP contribution in [0.2, 0.25) is 0 Å². The second-order valence-corrected chi connectivity index (χ2v) is 7.10. The van der Waals surface area contributed by atoms with E-state index in [1.807, 2.05) is 0 Å². The Labute approximate surface area is 152 Å². The maximum absolute atomic E-state index is 12.9. The SMILES string of the molecule is NC(=O)C1=C(O)C[C@@H]2CC3Cc4cncc(O)c4C(=O)C3=C(O)[C@]2(O)C1=O. The summed E-state index contributed by atoms with van der Waals surface area (Å²) in [6, 6.07) is 0. The van der Waals surface area contributed by atoms with E-state index in [1.54, 1.807) is 0 Å². The molecule has 9 nitrogen and oxygen atoms in total. The highest BCUT2D eigenvalue weighted by Crippen LogP contribution is 2.51. The fourth-order valence-corrected chi connectivity index (χ4v) is 4.45. The van der Waals surface area contributed by atoms with Crippen LogP contribution in [0.25, 0.3) is 0 Å². The van der Waals surface area contributed by atoms with Gasteiger partial charge in [0.15, 0.2) is 11.4 Å². The zero-order chi connectivity index (χ0) is 19.7. The summed E-state index contributed by atoms with van der Waals surface area (Å²) < 4.78 is 0. The molecule has 0 aromatic carbocycles. The molecule has 1 amide bonds. The number of nitrogens with zero attached hydrogens (tertiary/aromatic N) is 1. The molecule has 3 aliphatic rings. The van der Waals surface area contributed by atoms with Gasteiger partial charge in [0.05, 0.1) is 11.8 Å². The van der Waals surface area contributed by atoms with Crippen molar-refractivity contribution < 1.29 is 34.8 Å². The van der Waals surface area contributed by atoms with Crippen molar-refractivity contribution in [1.82, 2.24) is 4.98 Å². The van der Waals surface area contributed by atoms with Crippen LogP contribution >= 0.6 is 0 Å². The van der Waals surface area contributed by atoms with Gasteiger partial charge in [-0.3, -0.25) is 19.4 Å². The first-order chi connectivity index (χ1) is 12.7. The normalized spacial score (nSPS) is 30.0. The van der Waals surface area contributed by atoms with Crippen molar-refractivity contribution >= 4 is 17.5 Å². The number of aromatic hydroxyl groups is 1. The van der Waals surface area contributed by atoms with Crippen LogP contribution in [0.1, 0.15) is 28.8 Å². The van der Waals surface area contributed by atoms with Crippen LogP contribution < -0.4 is 5.73 Å². The van der Waals surface area contributed by atoms with Crippen LogP contribution in [0.3, 0.4) is 0 Å². The Hall–Kier alpha value is -3.20. The van der Waals surface area contributed by atoms with E-state index in [4.69, 9.17) is 5.73 Å². The van der Waals surface area contributed by atoms with Gasteiger partial charge in [-0.05, 0) is 24.3 Å². The summed E-state index contributed by atoms with van der Waals surface area (Å²) in [5, 5.41) is 41.8. The molecule has 0 radical (unpaired) electrons. The minimum atomic E-state index is -2.53. The number of ketones is 2. The minimum Gasteiger partial charge on any atom is -0.511 e. The highest BCUT2D eigenvalue weighted by atomic mass is 16.3. The highest BCUT2D eigenvalue weighted by molar-refractivity contribution is 6.24. The molecule has 9 heteroatoms. The van der Waals surface area contributed by atoms with E-state index in [2.05, 4.69) is 4.98 Å². The average Bonchev–Trinajstić information content (AvgIpc) is 2.57. The summed E-state index contributed by atoms with van der Waals surface area (Å²) in [7, 11) is 0. The van der Waals surface area contributed by atoms with Gasteiger partial charge in [0.2, 0.25) is 5.78 Å². The number of nitrogens with two attached hydrogens (primary N) is 1. The lowest BCUT2D eigenvalue weighted by Crippen LogP contribution is -2.57. The van der Waals surface area contributed by atoms with Gasteiger partial charge in [-0.15, -0.1) is 0 Å². The molecular formula is C18H16N2O7. The highest BCUT2D eigenvalue weighted by Gasteiger charge is 2.59. The number of amides is 1. The zero-order valence-electron chi connectivity index (χ0n) is 14.0. The number of hydrogen-bond acceptors (Lipinski definition) is 8. The van der Waals surface area contributed by atoms with Crippen molar-refractivity contribution in [2.24, 2.45) is 17.6 Å². The number of pyridine rings is 1. The van der Waals surface area contributed by atoms with E-state index in [0.717, 1.165) is 6.20 Å². The fraction of sp³-hybridized carbons (Fsp3) is 0.333. The lowest BCUT2D eigenvalue weighted by Gasteiger charge is -2.45. The van der Waals surface area contributed by atoms with Crippen LogP contribution in [0.4, 0.5) is 0 Å². The van der Waals surface area contributed by atoms with Crippen molar-refractivity contribution in [3.8, 4) is 5.75 Å². The molecule has 27 heavy (non-hydrogen) atoms. The summed E-state index contributed by atoms with van der Waals surface area (Å²) in [5.41, 5.74) is 2.08. The summed E-state index contributed by atoms with van der Waals surface area (Å²) in [4.78, 5) is 41.0. The first-order valence-electron chi connectivity index (χ1n) is 8.31. The number of aromatic nitrogens is 1. The van der Waals surface area contributed by atoms with Gasteiger partial charge < -0.3 is 26.2 Å². The molecule has 0 spiro atoms. The standard InChI is InChI=1S/C18H16N2O7/c19-17(26)13-9(21)3-8-2-6-1-7-4-20-5-10(22)11(7)14(23)12(6)15(24)18(8,27)16(13)25/h4-6,8,21-22,24,27H,1-3H2,(H2,19,26)/t6?,8-,18-/m0/s1. The molecular weight excluding hydrogens is 356 g/mol. The Morgan fingerprint density at radius 3 is 2.56 bits per heavy atom. The van der Waals surface area contributed by atoms with Crippen molar-refractivity contribution in [3.63, 3.8) is 0 Å². The Morgan fingerprint density at radius 2 is 1.89 bits per heavy atom. The van der Waals surface area contributed by atoms with Gasteiger partial charge in [0.25, 0.3) is 5.91 Å². The second kappa shape index (κ2) is 5.40. The largest absolute Gasteiger partial charge is 0.511 e. The number of carbonyl (C=O) groups excluding carboxylic acids is 3. The van der Waals surface area contributed by atoms with Gasteiger partial charge in [0.1, 0.15) is 22.8 Å². The first-order valence-corrected chi connectivity index (χ1v) is 8.31. The molecule has 1 aromatic heterocycles. The van der Waals surface area contributed by atoms with Crippen LogP contribution in [0.15, 0.2) is 35.1 Å². The number of hydrogen-bond donors (Lipinski definition) is 5. The molecule has 0 aliphatic heterocycles. The topological polar surface area (TPSA) is 171 Å². The van der Waals surface area contributed by atoms with Crippen LogP contribution in [0.5, 0.6) is 5.75 Å². The Morgan fingerprint density at radius 1 is 1.19 bits per heavy atom.